The molecule has 3 aromatic rings. The lowest BCUT2D eigenvalue weighted by atomic mass is 9.99. The molecule has 1 fully saturated rings. The van der Waals surface area contributed by atoms with Crippen molar-refractivity contribution in [2.75, 3.05) is 23.7 Å². The molecule has 2 heterocycles. The molecule has 2 aliphatic rings. The lowest BCUT2D eigenvalue weighted by Crippen LogP contribution is -2.41. The van der Waals surface area contributed by atoms with Crippen molar-refractivity contribution in [3.63, 3.8) is 0 Å². The van der Waals surface area contributed by atoms with Gasteiger partial charge in [-0.25, -0.2) is 5.32 Å². The summed E-state index contributed by atoms with van der Waals surface area (Å²) in [7, 11) is -3.93. The average Bonchev–Trinajstić information content (AvgIpc) is 3.26. The summed E-state index contributed by atoms with van der Waals surface area (Å²) >= 11 is 0. The minimum absolute atomic E-state index is 0.346. The molecule has 204 valence electrons. The van der Waals surface area contributed by atoms with Crippen molar-refractivity contribution in [2.45, 2.75) is 51.4 Å². The molecular weight excluding hydrogens is 508 g/mol. The SMILES string of the molecule is CC1CCN(Cc2ccc(NC(c3ccccc3)=[N+](C3C(=O)Nc4ccccc43)S(=O)(=O)C(C)C)cc2)CC1. The molecule has 1 saturated heterocycles. The lowest BCUT2D eigenvalue weighted by molar-refractivity contribution is -0.404. The van der Waals surface area contributed by atoms with Crippen LogP contribution in [0.3, 0.4) is 0 Å². The molecular formula is C31H37N4O3S+. The third-order valence-electron chi connectivity index (χ3n) is 7.63. The third kappa shape index (κ3) is 5.77. The average molecular weight is 546 g/mol. The number of fused-ring (bicyclic) bond motifs is 1. The molecule has 2 N–H and O–H groups in total. The number of benzene rings is 3. The Hall–Kier alpha value is -3.49. The standard InChI is InChI=1S/C31H36N4O3S/c1-22(2)39(37,38)35(29-27-11-7-8-12-28(27)33-31(29)36)30(25-9-5-4-6-10-25)32-26-15-13-24(14-16-26)21-34-19-17-23(3)18-20-34/h4-16,22-23,29H,17-21H2,1-3H3,(H,33,36)/p+1. The van der Waals surface area contributed by atoms with Gasteiger partial charge in [0.15, 0.2) is 0 Å². The zero-order valence-corrected chi connectivity index (χ0v) is 23.6. The third-order valence-corrected chi connectivity index (χ3v) is 9.77. The summed E-state index contributed by atoms with van der Waals surface area (Å²) in [6.07, 6.45) is 2.46. The number of nitrogens with one attached hydrogen (secondary N) is 2. The number of para-hydroxylation sites is 1. The van der Waals surface area contributed by atoms with Gasteiger partial charge in [-0.3, -0.25) is 9.69 Å². The van der Waals surface area contributed by atoms with Crippen molar-refractivity contribution >= 4 is 33.1 Å². The van der Waals surface area contributed by atoms with Gasteiger partial charge >= 0.3 is 10.0 Å². The van der Waals surface area contributed by atoms with E-state index < -0.39 is 21.3 Å². The molecule has 5 rings (SSSR count). The summed E-state index contributed by atoms with van der Waals surface area (Å²) < 4.78 is 29.2. The maximum atomic E-state index is 14.0. The van der Waals surface area contributed by atoms with E-state index in [4.69, 9.17) is 0 Å². The molecule has 0 aromatic heterocycles. The van der Waals surface area contributed by atoms with Crippen LogP contribution in [0.2, 0.25) is 0 Å². The molecule has 1 unspecified atom stereocenters. The number of amidine groups is 1. The molecule has 1 amide bonds. The molecule has 7 nitrogen and oxygen atoms in total. The van der Waals surface area contributed by atoms with Gasteiger partial charge < -0.3 is 5.32 Å². The topological polar surface area (TPSA) is 81.5 Å². The summed E-state index contributed by atoms with van der Waals surface area (Å²) in [5.41, 5.74) is 3.89. The van der Waals surface area contributed by atoms with Crippen LogP contribution in [0.25, 0.3) is 0 Å². The van der Waals surface area contributed by atoms with E-state index in [1.807, 2.05) is 54.6 Å². The second-order valence-corrected chi connectivity index (χ2v) is 13.2. The van der Waals surface area contributed by atoms with Gasteiger partial charge in [-0.1, -0.05) is 55.5 Å². The first kappa shape index (κ1) is 27.1. The number of hydrogen-bond donors (Lipinski definition) is 2. The fourth-order valence-electron chi connectivity index (χ4n) is 5.21. The first-order chi connectivity index (χ1) is 18.7. The van der Waals surface area contributed by atoms with Gasteiger partial charge in [0.1, 0.15) is 5.69 Å². The molecule has 0 bridgehead atoms. The Morgan fingerprint density at radius 2 is 1.62 bits per heavy atom. The van der Waals surface area contributed by atoms with Crippen LogP contribution >= 0.6 is 0 Å². The van der Waals surface area contributed by atoms with E-state index in [1.54, 1.807) is 26.0 Å². The monoisotopic (exact) mass is 545 g/mol. The van der Waals surface area contributed by atoms with Gasteiger partial charge in [-0.05, 0) is 81.6 Å². The van der Waals surface area contributed by atoms with Crippen LogP contribution in [0, 0.1) is 5.92 Å². The van der Waals surface area contributed by atoms with Crippen LogP contribution in [-0.4, -0.2) is 47.4 Å². The predicted molar refractivity (Wildman–Crippen MR) is 156 cm³/mol. The Bertz CT molecular complexity index is 1460. The van der Waals surface area contributed by atoms with E-state index in [9.17, 15) is 13.2 Å². The minimum atomic E-state index is -3.93. The number of carbonyl (C=O) groups excluding carboxylic acids is 1. The molecule has 2 aliphatic heterocycles. The number of sulfonamides is 1. The van der Waals surface area contributed by atoms with Crippen molar-refractivity contribution in [3.8, 4) is 0 Å². The number of rotatable bonds is 7. The summed E-state index contributed by atoms with van der Waals surface area (Å²) in [6.45, 7) is 8.71. The van der Waals surface area contributed by atoms with Crippen LogP contribution in [0.15, 0.2) is 78.9 Å². The van der Waals surface area contributed by atoms with Gasteiger partial charge in [-0.15, -0.1) is 3.98 Å². The van der Waals surface area contributed by atoms with E-state index in [2.05, 4.69) is 34.6 Å². The molecule has 0 aliphatic carbocycles. The van der Waals surface area contributed by atoms with Crippen LogP contribution in [0.4, 0.5) is 11.4 Å². The number of piperidine rings is 1. The van der Waals surface area contributed by atoms with Crippen LogP contribution in [0.1, 0.15) is 56.3 Å². The smallest absolute Gasteiger partial charge is 0.304 e. The maximum absolute atomic E-state index is 14.0. The highest BCUT2D eigenvalue weighted by Gasteiger charge is 2.45. The Morgan fingerprint density at radius 3 is 2.28 bits per heavy atom. The Labute approximate surface area is 231 Å². The van der Waals surface area contributed by atoms with E-state index in [0.717, 1.165) is 31.2 Å². The van der Waals surface area contributed by atoms with Crippen LogP contribution in [0.5, 0.6) is 0 Å². The Kier molecular flexibility index (Phi) is 7.86. The minimum Gasteiger partial charge on any atom is -0.322 e. The number of nitrogens with zero attached hydrogens (tertiary/aromatic N) is 2. The zero-order chi connectivity index (χ0) is 27.6. The highest BCUT2D eigenvalue weighted by Crippen LogP contribution is 2.35. The molecule has 0 saturated carbocycles. The first-order valence-corrected chi connectivity index (χ1v) is 15.2. The van der Waals surface area contributed by atoms with Crippen molar-refractivity contribution in [2.24, 2.45) is 5.92 Å². The van der Waals surface area contributed by atoms with Crippen molar-refractivity contribution in [3.05, 3.63) is 95.6 Å². The largest absolute Gasteiger partial charge is 0.322 e. The number of carbonyl (C=O) groups is 1. The van der Waals surface area contributed by atoms with Crippen molar-refractivity contribution in [1.29, 1.82) is 0 Å². The zero-order valence-electron chi connectivity index (χ0n) is 22.8. The lowest BCUT2D eigenvalue weighted by Gasteiger charge is -2.30. The van der Waals surface area contributed by atoms with E-state index in [1.165, 1.54) is 22.4 Å². The second-order valence-electron chi connectivity index (χ2n) is 10.9. The predicted octanol–water partition coefficient (Wildman–Crippen LogP) is 5.22. The number of anilines is 2. The normalized spacial score (nSPS) is 19.0. The van der Waals surface area contributed by atoms with Crippen LogP contribution in [-0.2, 0) is 21.4 Å². The fourth-order valence-corrected chi connectivity index (χ4v) is 6.58. The Morgan fingerprint density at radius 1 is 0.974 bits per heavy atom. The summed E-state index contributed by atoms with van der Waals surface area (Å²) in [4.78, 5) is 15.8. The van der Waals surface area contributed by atoms with Crippen molar-refractivity contribution < 1.29 is 17.2 Å². The van der Waals surface area contributed by atoms with Gasteiger partial charge in [0.05, 0.1) is 10.8 Å². The van der Waals surface area contributed by atoms with Gasteiger partial charge in [0.2, 0.25) is 6.04 Å². The maximum Gasteiger partial charge on any atom is 0.304 e. The molecule has 0 radical (unpaired) electrons. The quantitative estimate of drug-likeness (QED) is 0.242. The summed E-state index contributed by atoms with van der Waals surface area (Å²) in [5.74, 6) is 0.763. The van der Waals surface area contributed by atoms with Gasteiger partial charge in [0, 0.05) is 17.8 Å². The van der Waals surface area contributed by atoms with Gasteiger partial charge in [0.25, 0.3) is 11.7 Å². The number of amides is 1. The van der Waals surface area contributed by atoms with Crippen molar-refractivity contribution in [1.82, 2.24) is 4.90 Å². The van der Waals surface area contributed by atoms with E-state index >= 15 is 0 Å². The fraction of sp³-hybridized carbons (Fsp3) is 0.355. The highest BCUT2D eigenvalue weighted by molar-refractivity contribution is 7.86. The molecule has 8 heteroatoms. The highest BCUT2D eigenvalue weighted by atomic mass is 32.2. The van der Waals surface area contributed by atoms with Gasteiger partial charge in [-0.2, -0.15) is 8.42 Å². The molecule has 39 heavy (non-hydrogen) atoms. The first-order valence-electron chi connectivity index (χ1n) is 13.7. The van der Waals surface area contributed by atoms with E-state index in [-0.39, 0.29) is 5.91 Å². The summed E-state index contributed by atoms with van der Waals surface area (Å²) in [6, 6.07) is 23.7. The molecule has 3 aromatic carbocycles. The molecule has 0 spiro atoms. The number of hydrogen-bond acceptors (Lipinski definition) is 4. The van der Waals surface area contributed by atoms with Crippen LogP contribution < -0.4 is 10.6 Å². The molecule has 1 atom stereocenters. The Balaban J connectivity index is 1.57. The summed E-state index contributed by atoms with van der Waals surface area (Å²) in [5, 5.41) is 5.52. The van der Waals surface area contributed by atoms with E-state index in [0.29, 0.717) is 22.6 Å². The number of likely N-dealkylation sites (tertiary alicyclic amines) is 1. The second kappa shape index (κ2) is 11.3.